The third kappa shape index (κ3) is 3.26. The van der Waals surface area contributed by atoms with E-state index in [0.29, 0.717) is 11.6 Å². The summed E-state index contributed by atoms with van der Waals surface area (Å²) in [5, 5.41) is 0. The van der Waals surface area contributed by atoms with Crippen molar-refractivity contribution in [3.8, 4) is 11.6 Å². The van der Waals surface area contributed by atoms with Crippen molar-refractivity contribution in [3.05, 3.63) is 48.4 Å². The average Bonchev–Trinajstić information content (AvgIpc) is 2.32. The molecule has 88 valence electrons. The molecule has 2 heterocycles. The fourth-order valence-electron chi connectivity index (χ4n) is 1.54. The van der Waals surface area contributed by atoms with Gasteiger partial charge >= 0.3 is 0 Å². The largest absolute Gasteiger partial charge is 0.437 e. The van der Waals surface area contributed by atoms with Crippen molar-refractivity contribution in [3.63, 3.8) is 0 Å². The molecule has 0 aromatic carbocycles. The number of rotatable bonds is 4. The maximum absolute atomic E-state index is 5.79. The van der Waals surface area contributed by atoms with Gasteiger partial charge in [0.15, 0.2) is 0 Å². The van der Waals surface area contributed by atoms with E-state index >= 15 is 0 Å². The second kappa shape index (κ2) is 5.41. The van der Waals surface area contributed by atoms with E-state index in [-0.39, 0.29) is 6.04 Å². The van der Waals surface area contributed by atoms with Gasteiger partial charge in [-0.2, -0.15) is 0 Å². The van der Waals surface area contributed by atoms with Gasteiger partial charge in [-0.15, -0.1) is 0 Å². The first-order chi connectivity index (χ1) is 8.25. The van der Waals surface area contributed by atoms with Gasteiger partial charge < -0.3 is 10.5 Å². The Bertz CT molecular complexity index is 471. The summed E-state index contributed by atoms with van der Waals surface area (Å²) in [4.78, 5) is 8.22. The first kappa shape index (κ1) is 11.5. The van der Waals surface area contributed by atoms with Crippen LogP contribution in [0, 0.1) is 0 Å². The molecular formula is C13H15N3O. The van der Waals surface area contributed by atoms with Gasteiger partial charge in [0, 0.05) is 24.0 Å². The van der Waals surface area contributed by atoms with Crippen LogP contribution in [-0.4, -0.2) is 16.0 Å². The summed E-state index contributed by atoms with van der Waals surface area (Å²) in [6.07, 6.45) is 5.80. The predicted molar refractivity (Wildman–Crippen MR) is 65.9 cm³/mol. The molecule has 0 radical (unpaired) electrons. The van der Waals surface area contributed by atoms with E-state index in [9.17, 15) is 0 Å². The Morgan fingerprint density at radius 1 is 1.29 bits per heavy atom. The molecule has 0 amide bonds. The Hall–Kier alpha value is -1.94. The molecule has 4 heteroatoms. The van der Waals surface area contributed by atoms with Crippen molar-refractivity contribution >= 4 is 0 Å². The van der Waals surface area contributed by atoms with Crippen molar-refractivity contribution in [1.82, 2.24) is 9.97 Å². The van der Waals surface area contributed by atoms with Crippen molar-refractivity contribution in [2.24, 2.45) is 5.73 Å². The Balaban J connectivity index is 2.20. The van der Waals surface area contributed by atoms with Crippen LogP contribution >= 0.6 is 0 Å². The summed E-state index contributed by atoms with van der Waals surface area (Å²) in [5.41, 5.74) is 6.80. The lowest BCUT2D eigenvalue weighted by molar-refractivity contribution is 0.452. The van der Waals surface area contributed by atoms with Crippen LogP contribution < -0.4 is 10.5 Å². The highest BCUT2D eigenvalue weighted by atomic mass is 16.5. The van der Waals surface area contributed by atoms with Crippen molar-refractivity contribution in [2.45, 2.75) is 19.4 Å². The summed E-state index contributed by atoms with van der Waals surface area (Å²) < 4.78 is 5.68. The second-order valence-corrected chi connectivity index (χ2v) is 3.94. The molecule has 1 atom stereocenters. The fourth-order valence-corrected chi connectivity index (χ4v) is 1.54. The number of aromatic nitrogens is 2. The summed E-state index contributed by atoms with van der Waals surface area (Å²) in [5.74, 6) is 1.27. The van der Waals surface area contributed by atoms with E-state index in [2.05, 4.69) is 9.97 Å². The fraction of sp³-hybridized carbons (Fsp3) is 0.231. The highest BCUT2D eigenvalue weighted by Gasteiger charge is 2.07. The Morgan fingerprint density at radius 3 is 2.82 bits per heavy atom. The standard InChI is InChI=1S/C13H15N3O/c1-10(14)8-11-4-2-7-16-13(11)17-12-5-3-6-15-9-12/h2-7,9-10H,8,14H2,1H3. The Morgan fingerprint density at radius 2 is 2.12 bits per heavy atom. The lowest BCUT2D eigenvalue weighted by atomic mass is 10.1. The molecule has 0 saturated heterocycles. The monoisotopic (exact) mass is 229 g/mol. The molecule has 0 aliphatic rings. The number of ether oxygens (including phenoxy) is 1. The van der Waals surface area contributed by atoms with E-state index in [1.165, 1.54) is 0 Å². The van der Waals surface area contributed by atoms with Crippen molar-refractivity contribution in [2.75, 3.05) is 0 Å². The highest BCUT2D eigenvalue weighted by Crippen LogP contribution is 2.22. The molecule has 2 aromatic rings. The molecule has 2 aromatic heterocycles. The summed E-state index contributed by atoms with van der Waals surface area (Å²) in [6, 6.07) is 7.60. The SMILES string of the molecule is CC(N)Cc1cccnc1Oc1cccnc1. The lowest BCUT2D eigenvalue weighted by Crippen LogP contribution is -2.18. The molecule has 0 bridgehead atoms. The molecule has 1 unspecified atom stereocenters. The van der Waals surface area contributed by atoms with Gasteiger partial charge in [0.1, 0.15) is 5.75 Å². The molecule has 17 heavy (non-hydrogen) atoms. The van der Waals surface area contributed by atoms with Crippen molar-refractivity contribution < 1.29 is 4.74 Å². The van der Waals surface area contributed by atoms with Crippen LogP contribution in [0.15, 0.2) is 42.9 Å². The van der Waals surface area contributed by atoms with Gasteiger partial charge in [-0.3, -0.25) is 4.98 Å². The van der Waals surface area contributed by atoms with E-state index < -0.39 is 0 Å². The molecule has 4 nitrogen and oxygen atoms in total. The van der Waals surface area contributed by atoms with Crippen LogP contribution in [0.25, 0.3) is 0 Å². The topological polar surface area (TPSA) is 61.0 Å². The molecular weight excluding hydrogens is 214 g/mol. The summed E-state index contributed by atoms with van der Waals surface area (Å²) in [6.45, 7) is 1.96. The first-order valence-corrected chi connectivity index (χ1v) is 5.53. The van der Waals surface area contributed by atoms with Gasteiger partial charge in [0.05, 0.1) is 6.20 Å². The Kier molecular flexibility index (Phi) is 3.67. The predicted octanol–water partition coefficient (Wildman–Crippen LogP) is 2.16. The number of nitrogens with zero attached hydrogens (tertiary/aromatic N) is 2. The third-order valence-electron chi connectivity index (χ3n) is 2.24. The molecule has 0 fully saturated rings. The van der Waals surface area contributed by atoms with Crippen LogP contribution in [0.5, 0.6) is 11.6 Å². The molecule has 2 rings (SSSR count). The first-order valence-electron chi connectivity index (χ1n) is 5.53. The molecule has 0 aliphatic carbocycles. The minimum atomic E-state index is 0.0791. The molecule has 2 N–H and O–H groups in total. The van der Waals surface area contributed by atoms with Crippen LogP contribution in [0.1, 0.15) is 12.5 Å². The minimum Gasteiger partial charge on any atom is -0.437 e. The van der Waals surface area contributed by atoms with Crippen LogP contribution in [0.2, 0.25) is 0 Å². The molecule has 0 spiro atoms. The number of hydrogen-bond donors (Lipinski definition) is 1. The average molecular weight is 229 g/mol. The number of pyridine rings is 2. The van der Waals surface area contributed by atoms with Gasteiger partial charge in [0.25, 0.3) is 0 Å². The number of hydrogen-bond acceptors (Lipinski definition) is 4. The summed E-state index contributed by atoms with van der Waals surface area (Å²) >= 11 is 0. The third-order valence-corrected chi connectivity index (χ3v) is 2.24. The Labute approximate surface area is 100 Å². The van der Waals surface area contributed by atoms with E-state index in [0.717, 1.165) is 12.0 Å². The van der Waals surface area contributed by atoms with Crippen LogP contribution in [0.3, 0.4) is 0 Å². The van der Waals surface area contributed by atoms with E-state index in [1.54, 1.807) is 18.6 Å². The van der Waals surface area contributed by atoms with Crippen molar-refractivity contribution in [1.29, 1.82) is 0 Å². The zero-order valence-electron chi connectivity index (χ0n) is 9.71. The van der Waals surface area contributed by atoms with E-state index in [4.69, 9.17) is 10.5 Å². The maximum atomic E-state index is 5.79. The van der Waals surface area contributed by atoms with Gasteiger partial charge in [-0.25, -0.2) is 4.98 Å². The zero-order valence-corrected chi connectivity index (χ0v) is 9.71. The normalized spacial score (nSPS) is 12.1. The second-order valence-electron chi connectivity index (χ2n) is 3.94. The van der Waals surface area contributed by atoms with Crippen LogP contribution in [-0.2, 0) is 6.42 Å². The number of nitrogens with two attached hydrogens (primary N) is 1. The van der Waals surface area contributed by atoms with Gasteiger partial charge in [-0.1, -0.05) is 6.07 Å². The van der Waals surface area contributed by atoms with Gasteiger partial charge in [0.2, 0.25) is 5.88 Å². The summed E-state index contributed by atoms with van der Waals surface area (Å²) in [7, 11) is 0. The lowest BCUT2D eigenvalue weighted by Gasteiger charge is -2.10. The maximum Gasteiger partial charge on any atom is 0.222 e. The van der Waals surface area contributed by atoms with E-state index in [1.807, 2.05) is 31.2 Å². The van der Waals surface area contributed by atoms with Gasteiger partial charge in [-0.05, 0) is 31.5 Å². The molecule has 0 aliphatic heterocycles. The van der Waals surface area contributed by atoms with Crippen LogP contribution in [0.4, 0.5) is 0 Å². The molecule has 0 saturated carbocycles. The smallest absolute Gasteiger partial charge is 0.222 e. The zero-order chi connectivity index (χ0) is 12.1. The highest BCUT2D eigenvalue weighted by molar-refractivity contribution is 5.31. The minimum absolute atomic E-state index is 0.0791. The quantitative estimate of drug-likeness (QED) is 0.872.